The predicted molar refractivity (Wildman–Crippen MR) is 53.5 cm³/mol. The van der Waals surface area contributed by atoms with Crippen LogP contribution >= 0.6 is 0 Å². The number of β-amino-alcohol motifs (C(OH)–C–C–N with tert-alkyl or cyclic N) is 1. The van der Waals surface area contributed by atoms with E-state index in [1.807, 2.05) is 0 Å². The lowest BCUT2D eigenvalue weighted by Crippen LogP contribution is -2.58. The van der Waals surface area contributed by atoms with Gasteiger partial charge < -0.3 is 10.2 Å². The molecule has 4 nitrogen and oxygen atoms in total. The quantitative estimate of drug-likeness (QED) is 0.648. The predicted octanol–water partition coefficient (Wildman–Crippen LogP) is 1.48. The molecular weight excluding hydrogens is 201 g/mol. The molecule has 0 spiro atoms. The van der Waals surface area contributed by atoms with Crippen LogP contribution in [0.25, 0.3) is 0 Å². The van der Waals surface area contributed by atoms with Crippen LogP contribution in [-0.2, 0) is 0 Å². The van der Waals surface area contributed by atoms with Crippen molar-refractivity contribution < 1.29 is 19.4 Å². The molecule has 0 aromatic heterocycles. The summed E-state index contributed by atoms with van der Waals surface area (Å²) in [5, 5.41) is 18.3. The van der Waals surface area contributed by atoms with Crippen molar-refractivity contribution in [2.24, 2.45) is 5.41 Å². The van der Waals surface area contributed by atoms with E-state index in [0.29, 0.717) is 0 Å². The summed E-state index contributed by atoms with van der Waals surface area (Å²) in [6, 6.07) is -0.682. The van der Waals surface area contributed by atoms with E-state index in [9.17, 15) is 14.3 Å². The summed E-state index contributed by atoms with van der Waals surface area (Å²) in [4.78, 5) is 12.0. The van der Waals surface area contributed by atoms with Gasteiger partial charge in [-0.15, -0.1) is 0 Å². The summed E-state index contributed by atoms with van der Waals surface area (Å²) in [5.74, 6) is 0. The Morgan fingerprint density at radius 2 is 2.00 bits per heavy atom. The normalized spacial score (nSPS) is 32.9. The zero-order valence-corrected chi connectivity index (χ0v) is 9.27. The summed E-state index contributed by atoms with van der Waals surface area (Å²) in [6.07, 6.45) is -3.35. The Hall–Kier alpha value is -0.840. The van der Waals surface area contributed by atoms with E-state index in [4.69, 9.17) is 5.11 Å². The van der Waals surface area contributed by atoms with Gasteiger partial charge in [0.05, 0.1) is 18.7 Å². The third kappa shape index (κ3) is 2.59. The third-order valence-electron chi connectivity index (χ3n) is 2.72. The average molecular weight is 219 g/mol. The monoisotopic (exact) mass is 219 g/mol. The largest absolute Gasteiger partial charge is 0.465 e. The average Bonchev–Trinajstić information content (AvgIpc) is 1.99. The van der Waals surface area contributed by atoms with Crippen molar-refractivity contribution in [3.63, 3.8) is 0 Å². The molecule has 1 aliphatic heterocycles. The zero-order valence-electron chi connectivity index (χ0n) is 9.27. The van der Waals surface area contributed by atoms with E-state index in [0.717, 1.165) is 4.90 Å². The number of hydrogen-bond donors (Lipinski definition) is 2. The number of amides is 1. The number of rotatable bonds is 0. The first-order valence-corrected chi connectivity index (χ1v) is 5.05. The molecule has 5 heteroatoms. The molecule has 1 amide bonds. The van der Waals surface area contributed by atoms with Crippen LogP contribution in [0.5, 0.6) is 0 Å². The lowest BCUT2D eigenvalue weighted by molar-refractivity contribution is -0.0432. The lowest BCUT2D eigenvalue weighted by atomic mass is 9.79. The van der Waals surface area contributed by atoms with Gasteiger partial charge in [0.1, 0.15) is 6.17 Å². The highest BCUT2D eigenvalue weighted by atomic mass is 19.1. The number of aliphatic hydroxyl groups is 1. The molecular formula is C10H18FNO3. The van der Waals surface area contributed by atoms with Crippen LogP contribution in [0.2, 0.25) is 0 Å². The zero-order chi connectivity index (χ0) is 11.8. The molecule has 1 heterocycles. The van der Waals surface area contributed by atoms with Crippen molar-refractivity contribution in [1.29, 1.82) is 0 Å². The van der Waals surface area contributed by atoms with Crippen molar-refractivity contribution in [2.75, 3.05) is 6.54 Å². The molecule has 1 aliphatic rings. The van der Waals surface area contributed by atoms with Crippen LogP contribution in [-0.4, -0.2) is 46.1 Å². The van der Waals surface area contributed by atoms with E-state index < -0.39 is 29.8 Å². The number of piperidine rings is 1. The summed E-state index contributed by atoms with van der Waals surface area (Å²) in [6.45, 7) is 5.41. The number of hydrogen-bond acceptors (Lipinski definition) is 2. The summed E-state index contributed by atoms with van der Waals surface area (Å²) < 4.78 is 13.7. The maximum absolute atomic E-state index is 13.7. The molecule has 0 aromatic rings. The molecule has 2 unspecified atom stereocenters. The van der Waals surface area contributed by atoms with Gasteiger partial charge in [0.2, 0.25) is 0 Å². The Balaban J connectivity index is 2.93. The third-order valence-corrected chi connectivity index (χ3v) is 2.72. The molecule has 1 saturated heterocycles. The topological polar surface area (TPSA) is 60.8 Å². The molecule has 88 valence electrons. The van der Waals surface area contributed by atoms with Crippen LogP contribution in [0.4, 0.5) is 9.18 Å². The van der Waals surface area contributed by atoms with Gasteiger partial charge in [-0.3, -0.25) is 4.90 Å². The van der Waals surface area contributed by atoms with Crippen molar-refractivity contribution in [2.45, 2.75) is 45.5 Å². The van der Waals surface area contributed by atoms with Gasteiger partial charge in [-0.05, 0) is 5.41 Å². The SMILES string of the molecule is CC(C)(C)C1C(F)C[C@H](O)CN1C(=O)O. The van der Waals surface area contributed by atoms with E-state index in [2.05, 4.69) is 0 Å². The van der Waals surface area contributed by atoms with E-state index in [1.54, 1.807) is 20.8 Å². The number of halogens is 1. The second-order valence-electron chi connectivity index (χ2n) is 5.15. The smallest absolute Gasteiger partial charge is 0.407 e. The molecule has 1 rings (SSSR count). The highest BCUT2D eigenvalue weighted by Gasteiger charge is 2.44. The van der Waals surface area contributed by atoms with E-state index in [1.165, 1.54) is 0 Å². The minimum absolute atomic E-state index is 0.00229. The minimum Gasteiger partial charge on any atom is -0.465 e. The van der Waals surface area contributed by atoms with E-state index >= 15 is 0 Å². The first-order valence-electron chi connectivity index (χ1n) is 5.05. The van der Waals surface area contributed by atoms with Gasteiger partial charge in [0.25, 0.3) is 0 Å². The van der Waals surface area contributed by atoms with Crippen LogP contribution in [0, 0.1) is 5.41 Å². The van der Waals surface area contributed by atoms with E-state index in [-0.39, 0.29) is 13.0 Å². The summed E-state index contributed by atoms with van der Waals surface area (Å²) in [7, 11) is 0. The number of likely N-dealkylation sites (tertiary alicyclic amines) is 1. The van der Waals surface area contributed by atoms with Gasteiger partial charge in [-0.25, -0.2) is 9.18 Å². The van der Waals surface area contributed by atoms with Gasteiger partial charge in [-0.2, -0.15) is 0 Å². The maximum Gasteiger partial charge on any atom is 0.407 e. The molecule has 3 atom stereocenters. The van der Waals surface area contributed by atoms with Crippen molar-refractivity contribution >= 4 is 6.09 Å². The van der Waals surface area contributed by atoms with Gasteiger partial charge in [0.15, 0.2) is 0 Å². The fourth-order valence-corrected chi connectivity index (χ4v) is 2.21. The molecule has 2 N–H and O–H groups in total. The van der Waals surface area contributed by atoms with Crippen LogP contribution in [0.1, 0.15) is 27.2 Å². The Labute approximate surface area is 88.7 Å². The standard InChI is InChI=1S/C10H18FNO3/c1-10(2,3)8-7(11)4-6(13)5-12(8)9(14)15/h6-8,13H,4-5H2,1-3H3,(H,14,15)/t6-,7?,8?/m0/s1. The molecule has 0 radical (unpaired) electrons. The fraction of sp³-hybridized carbons (Fsp3) is 0.900. The van der Waals surface area contributed by atoms with Crippen LogP contribution in [0.15, 0.2) is 0 Å². The number of carbonyl (C=O) groups is 1. The first kappa shape index (κ1) is 12.2. The van der Waals surface area contributed by atoms with Gasteiger partial charge >= 0.3 is 6.09 Å². The summed E-state index contributed by atoms with van der Waals surface area (Å²) >= 11 is 0. The number of alkyl halides is 1. The number of carboxylic acid groups (broad SMARTS) is 1. The second-order valence-corrected chi connectivity index (χ2v) is 5.15. The minimum atomic E-state index is -1.30. The summed E-state index contributed by atoms with van der Waals surface area (Å²) in [5.41, 5.74) is -0.460. The van der Waals surface area contributed by atoms with Crippen LogP contribution in [0.3, 0.4) is 0 Å². The maximum atomic E-state index is 13.7. The van der Waals surface area contributed by atoms with Crippen molar-refractivity contribution in [3.8, 4) is 0 Å². The molecule has 0 saturated carbocycles. The lowest BCUT2D eigenvalue weighted by Gasteiger charge is -2.45. The van der Waals surface area contributed by atoms with Crippen LogP contribution < -0.4 is 0 Å². The molecule has 0 bridgehead atoms. The highest BCUT2D eigenvalue weighted by molar-refractivity contribution is 5.66. The van der Waals surface area contributed by atoms with Gasteiger partial charge in [-0.1, -0.05) is 20.8 Å². The Morgan fingerprint density at radius 3 is 2.40 bits per heavy atom. The van der Waals surface area contributed by atoms with Crippen molar-refractivity contribution in [1.82, 2.24) is 4.90 Å². The fourth-order valence-electron chi connectivity index (χ4n) is 2.21. The Bertz CT molecular complexity index is 252. The molecule has 1 fully saturated rings. The second kappa shape index (κ2) is 3.96. The number of aliphatic hydroxyl groups excluding tert-OH is 1. The van der Waals surface area contributed by atoms with Crippen molar-refractivity contribution in [3.05, 3.63) is 0 Å². The first-order chi connectivity index (χ1) is 6.73. The Morgan fingerprint density at radius 1 is 1.47 bits per heavy atom. The van der Waals surface area contributed by atoms with Gasteiger partial charge in [0, 0.05) is 6.42 Å². The number of nitrogens with zero attached hydrogens (tertiary/aromatic N) is 1. The molecule has 15 heavy (non-hydrogen) atoms. The Kier molecular flexibility index (Phi) is 3.23. The highest BCUT2D eigenvalue weighted by Crippen LogP contribution is 2.33. The molecule has 0 aliphatic carbocycles. The molecule has 0 aromatic carbocycles.